The zero-order valence-electron chi connectivity index (χ0n) is 8.27. The van der Waals surface area contributed by atoms with Gasteiger partial charge >= 0.3 is 0 Å². The van der Waals surface area contributed by atoms with Crippen molar-refractivity contribution in [3.05, 3.63) is 0 Å². The van der Waals surface area contributed by atoms with E-state index < -0.39 is 0 Å². The van der Waals surface area contributed by atoms with Gasteiger partial charge < -0.3 is 0 Å². The first-order valence-corrected chi connectivity index (χ1v) is 4.98. The molecule has 67 valence electrons. The molecular weight excluding hydrogens is 134 g/mol. The predicted molar refractivity (Wildman–Crippen MR) is 50.8 cm³/mol. The lowest BCUT2D eigenvalue weighted by Gasteiger charge is -2.12. The number of rotatable bonds is 7. The van der Waals surface area contributed by atoms with E-state index in [1.807, 2.05) is 0 Å². The van der Waals surface area contributed by atoms with Crippen LogP contribution in [0.1, 0.15) is 46.5 Å². The molecule has 0 aromatic heterocycles. The quantitative estimate of drug-likeness (QED) is 0.538. The summed E-state index contributed by atoms with van der Waals surface area (Å²) in [4.78, 5) is 0. The SMILES string of the molecule is CCCCC(CC)C[N]CC. The number of hydrogen-bond acceptors (Lipinski definition) is 0. The lowest BCUT2D eigenvalue weighted by molar-refractivity contribution is 0.421. The summed E-state index contributed by atoms with van der Waals surface area (Å²) in [7, 11) is 0. The second-order valence-corrected chi connectivity index (χ2v) is 3.14. The Hall–Kier alpha value is -0.0400. The highest BCUT2D eigenvalue weighted by molar-refractivity contribution is 4.59. The molecule has 1 radical (unpaired) electrons. The number of unbranched alkanes of at least 4 members (excludes halogenated alkanes) is 1. The molecule has 0 N–H and O–H groups in total. The van der Waals surface area contributed by atoms with Crippen molar-refractivity contribution in [1.82, 2.24) is 5.32 Å². The van der Waals surface area contributed by atoms with E-state index in [-0.39, 0.29) is 0 Å². The van der Waals surface area contributed by atoms with Gasteiger partial charge in [0, 0.05) is 13.1 Å². The van der Waals surface area contributed by atoms with Gasteiger partial charge in [0.15, 0.2) is 0 Å². The van der Waals surface area contributed by atoms with Gasteiger partial charge in [-0.1, -0.05) is 40.0 Å². The van der Waals surface area contributed by atoms with Crippen LogP contribution in [0.3, 0.4) is 0 Å². The summed E-state index contributed by atoms with van der Waals surface area (Å²) >= 11 is 0. The van der Waals surface area contributed by atoms with E-state index in [9.17, 15) is 0 Å². The lowest BCUT2D eigenvalue weighted by atomic mass is 9.99. The molecule has 0 spiro atoms. The van der Waals surface area contributed by atoms with Crippen LogP contribution in [0.2, 0.25) is 0 Å². The third-order valence-corrected chi connectivity index (χ3v) is 2.15. The Morgan fingerprint density at radius 3 is 2.36 bits per heavy atom. The summed E-state index contributed by atoms with van der Waals surface area (Å²) in [6.07, 6.45) is 5.36. The van der Waals surface area contributed by atoms with Crippen LogP contribution in [0.15, 0.2) is 0 Å². The van der Waals surface area contributed by atoms with Crippen LogP contribution >= 0.6 is 0 Å². The van der Waals surface area contributed by atoms with Gasteiger partial charge in [0.05, 0.1) is 0 Å². The van der Waals surface area contributed by atoms with Crippen molar-refractivity contribution in [3.8, 4) is 0 Å². The molecule has 11 heavy (non-hydrogen) atoms. The maximum atomic E-state index is 4.40. The van der Waals surface area contributed by atoms with E-state index in [0.717, 1.165) is 19.0 Å². The van der Waals surface area contributed by atoms with E-state index in [1.54, 1.807) is 0 Å². The van der Waals surface area contributed by atoms with Crippen LogP contribution in [0.25, 0.3) is 0 Å². The van der Waals surface area contributed by atoms with Crippen LogP contribution in [0, 0.1) is 5.92 Å². The third-order valence-electron chi connectivity index (χ3n) is 2.15. The Balaban J connectivity index is 3.25. The minimum absolute atomic E-state index is 0.856. The first-order chi connectivity index (χ1) is 5.35. The smallest absolute Gasteiger partial charge is 0.0161 e. The molecule has 1 unspecified atom stereocenters. The Kier molecular flexibility index (Phi) is 8.03. The van der Waals surface area contributed by atoms with Crippen LogP contribution < -0.4 is 5.32 Å². The standard InChI is InChI=1S/C10H22N/c1-4-7-8-10(5-2)9-11-6-3/h10H,4-9H2,1-3H3. The first kappa shape index (κ1) is 11.0. The zero-order valence-corrected chi connectivity index (χ0v) is 8.27. The summed E-state index contributed by atoms with van der Waals surface area (Å²) < 4.78 is 0. The summed E-state index contributed by atoms with van der Waals surface area (Å²) in [6.45, 7) is 8.72. The average molecular weight is 156 g/mol. The lowest BCUT2D eigenvalue weighted by Crippen LogP contribution is -2.15. The Bertz CT molecular complexity index is 63.3. The van der Waals surface area contributed by atoms with Crippen LogP contribution in [0.5, 0.6) is 0 Å². The molecule has 0 saturated carbocycles. The molecule has 0 aliphatic carbocycles. The molecule has 0 bridgehead atoms. The second-order valence-electron chi connectivity index (χ2n) is 3.14. The Morgan fingerprint density at radius 2 is 1.91 bits per heavy atom. The average Bonchev–Trinajstić information content (AvgIpc) is 2.05. The van der Waals surface area contributed by atoms with Gasteiger partial charge in [0.1, 0.15) is 0 Å². The minimum Gasteiger partial charge on any atom is -0.242 e. The van der Waals surface area contributed by atoms with Crippen molar-refractivity contribution in [1.29, 1.82) is 0 Å². The Morgan fingerprint density at radius 1 is 1.18 bits per heavy atom. The van der Waals surface area contributed by atoms with Crippen LogP contribution in [-0.2, 0) is 0 Å². The monoisotopic (exact) mass is 156 g/mol. The summed E-state index contributed by atoms with van der Waals surface area (Å²) in [5.74, 6) is 0.856. The third kappa shape index (κ3) is 6.36. The molecule has 0 aliphatic heterocycles. The summed E-state index contributed by atoms with van der Waals surface area (Å²) in [5, 5.41) is 4.40. The molecule has 0 saturated heterocycles. The van der Waals surface area contributed by atoms with Crippen molar-refractivity contribution in [2.75, 3.05) is 13.1 Å². The molecule has 1 nitrogen and oxygen atoms in total. The fraction of sp³-hybridized carbons (Fsp3) is 1.00. The van der Waals surface area contributed by atoms with Gasteiger partial charge in [-0.3, -0.25) is 0 Å². The highest BCUT2D eigenvalue weighted by atomic mass is 14.8. The molecule has 0 aromatic rings. The van der Waals surface area contributed by atoms with Gasteiger partial charge in [-0.15, -0.1) is 0 Å². The van der Waals surface area contributed by atoms with Crippen molar-refractivity contribution in [3.63, 3.8) is 0 Å². The largest absolute Gasteiger partial charge is 0.242 e. The van der Waals surface area contributed by atoms with E-state index in [4.69, 9.17) is 0 Å². The molecule has 1 atom stereocenters. The molecule has 1 heteroatoms. The minimum atomic E-state index is 0.856. The molecule has 0 fully saturated rings. The fourth-order valence-electron chi connectivity index (χ4n) is 1.23. The van der Waals surface area contributed by atoms with Crippen LogP contribution in [-0.4, -0.2) is 13.1 Å². The number of hydrogen-bond donors (Lipinski definition) is 0. The molecule has 0 aliphatic rings. The highest BCUT2D eigenvalue weighted by Crippen LogP contribution is 2.11. The zero-order chi connectivity index (χ0) is 8.53. The summed E-state index contributed by atoms with van der Waals surface area (Å²) in [6, 6.07) is 0. The molecule has 0 rings (SSSR count). The van der Waals surface area contributed by atoms with Crippen LogP contribution in [0.4, 0.5) is 0 Å². The van der Waals surface area contributed by atoms with E-state index in [2.05, 4.69) is 26.1 Å². The van der Waals surface area contributed by atoms with E-state index in [0.29, 0.717) is 0 Å². The number of nitrogens with zero attached hydrogens (tertiary/aromatic N) is 1. The van der Waals surface area contributed by atoms with Gasteiger partial charge in [-0.25, -0.2) is 5.32 Å². The maximum Gasteiger partial charge on any atom is 0.0161 e. The normalized spacial score (nSPS) is 13.4. The first-order valence-electron chi connectivity index (χ1n) is 4.98. The molecule has 0 amide bonds. The second kappa shape index (κ2) is 8.06. The predicted octanol–water partition coefficient (Wildman–Crippen LogP) is 2.83. The van der Waals surface area contributed by atoms with Crippen molar-refractivity contribution in [2.45, 2.75) is 46.5 Å². The van der Waals surface area contributed by atoms with Gasteiger partial charge in [0.25, 0.3) is 0 Å². The summed E-state index contributed by atoms with van der Waals surface area (Å²) in [5.41, 5.74) is 0. The van der Waals surface area contributed by atoms with Gasteiger partial charge in [-0.2, -0.15) is 0 Å². The Labute approximate surface area is 71.6 Å². The molecule has 0 heterocycles. The van der Waals surface area contributed by atoms with Gasteiger partial charge in [-0.05, 0) is 12.3 Å². The van der Waals surface area contributed by atoms with Crippen molar-refractivity contribution in [2.24, 2.45) is 5.92 Å². The fourth-order valence-corrected chi connectivity index (χ4v) is 1.23. The van der Waals surface area contributed by atoms with Gasteiger partial charge in [0.2, 0.25) is 0 Å². The molecule has 0 aromatic carbocycles. The van der Waals surface area contributed by atoms with Crippen molar-refractivity contribution >= 4 is 0 Å². The highest BCUT2D eigenvalue weighted by Gasteiger charge is 2.03. The van der Waals surface area contributed by atoms with E-state index >= 15 is 0 Å². The van der Waals surface area contributed by atoms with Crippen molar-refractivity contribution < 1.29 is 0 Å². The topological polar surface area (TPSA) is 14.1 Å². The molecular formula is C10H22N. The van der Waals surface area contributed by atoms with E-state index in [1.165, 1.54) is 25.7 Å². The maximum absolute atomic E-state index is 4.40.